The van der Waals surface area contributed by atoms with Crippen LogP contribution < -0.4 is 0 Å². The molecule has 5 nitrogen and oxygen atoms in total. The van der Waals surface area contributed by atoms with Crippen molar-refractivity contribution in [3.8, 4) is 11.3 Å². The molecule has 2 aromatic carbocycles. The van der Waals surface area contributed by atoms with Gasteiger partial charge in [0, 0.05) is 5.56 Å². The molecule has 0 saturated carbocycles. The van der Waals surface area contributed by atoms with Crippen LogP contribution in [0.1, 0.15) is 26.5 Å². The molecule has 27 heavy (non-hydrogen) atoms. The third-order valence-corrected chi connectivity index (χ3v) is 4.08. The molecule has 0 aliphatic carbocycles. The standard InChI is InChI=1S/C19H12ClF2NO4/c1-10-16(18(23-27-10)17-13(20)3-2-4-14(17)22)19(25)26-9-15(24)11-5-7-12(21)8-6-11/h2-8H,9H2,1H3. The lowest BCUT2D eigenvalue weighted by Crippen LogP contribution is -2.15. The minimum absolute atomic E-state index is 0.0414. The van der Waals surface area contributed by atoms with Gasteiger partial charge in [0.25, 0.3) is 0 Å². The first-order valence-corrected chi connectivity index (χ1v) is 8.13. The number of esters is 1. The van der Waals surface area contributed by atoms with Gasteiger partial charge in [0.2, 0.25) is 0 Å². The number of benzene rings is 2. The number of hydrogen-bond donors (Lipinski definition) is 0. The lowest BCUT2D eigenvalue weighted by atomic mass is 10.1. The summed E-state index contributed by atoms with van der Waals surface area (Å²) in [6.45, 7) is 0.864. The van der Waals surface area contributed by atoms with Crippen LogP contribution in [0.25, 0.3) is 11.3 Å². The van der Waals surface area contributed by atoms with Crippen molar-refractivity contribution in [1.82, 2.24) is 5.16 Å². The van der Waals surface area contributed by atoms with Crippen LogP contribution in [0.5, 0.6) is 0 Å². The van der Waals surface area contributed by atoms with E-state index >= 15 is 0 Å². The molecule has 138 valence electrons. The number of hydrogen-bond acceptors (Lipinski definition) is 5. The van der Waals surface area contributed by atoms with E-state index in [2.05, 4.69) is 5.16 Å². The average Bonchev–Trinajstić information content (AvgIpc) is 3.01. The first-order chi connectivity index (χ1) is 12.9. The Morgan fingerprint density at radius 2 is 1.85 bits per heavy atom. The molecule has 3 rings (SSSR count). The summed E-state index contributed by atoms with van der Waals surface area (Å²) >= 11 is 6.01. The van der Waals surface area contributed by atoms with Crippen LogP contribution in [0.3, 0.4) is 0 Å². The van der Waals surface area contributed by atoms with Crippen LogP contribution in [0.15, 0.2) is 47.0 Å². The third-order valence-electron chi connectivity index (χ3n) is 3.77. The smallest absolute Gasteiger partial charge is 0.344 e. The second-order valence-corrected chi connectivity index (χ2v) is 5.97. The summed E-state index contributed by atoms with van der Waals surface area (Å²) in [4.78, 5) is 24.5. The van der Waals surface area contributed by atoms with Crippen molar-refractivity contribution in [2.24, 2.45) is 0 Å². The Kier molecular flexibility index (Phi) is 5.32. The van der Waals surface area contributed by atoms with Gasteiger partial charge in [0.15, 0.2) is 12.4 Å². The molecule has 0 aliphatic rings. The molecule has 0 N–H and O–H groups in total. The molecular formula is C19H12ClF2NO4. The highest BCUT2D eigenvalue weighted by Crippen LogP contribution is 2.33. The van der Waals surface area contributed by atoms with Gasteiger partial charge in [-0.3, -0.25) is 4.79 Å². The number of nitrogens with zero attached hydrogens (tertiary/aromatic N) is 1. The summed E-state index contributed by atoms with van der Waals surface area (Å²) in [6, 6.07) is 8.82. The summed E-state index contributed by atoms with van der Waals surface area (Å²) in [7, 11) is 0. The van der Waals surface area contributed by atoms with Crippen molar-refractivity contribution in [1.29, 1.82) is 0 Å². The molecule has 1 heterocycles. The number of halogens is 3. The van der Waals surface area contributed by atoms with E-state index in [0.29, 0.717) is 0 Å². The second-order valence-electron chi connectivity index (χ2n) is 5.57. The fraction of sp³-hybridized carbons (Fsp3) is 0.105. The Balaban J connectivity index is 1.83. The Morgan fingerprint density at radius 3 is 2.52 bits per heavy atom. The van der Waals surface area contributed by atoms with Gasteiger partial charge in [-0.2, -0.15) is 0 Å². The van der Waals surface area contributed by atoms with Gasteiger partial charge in [-0.1, -0.05) is 22.8 Å². The monoisotopic (exact) mass is 391 g/mol. The normalized spacial score (nSPS) is 10.7. The lowest BCUT2D eigenvalue weighted by molar-refractivity contribution is 0.0473. The molecule has 0 saturated heterocycles. The maximum Gasteiger partial charge on any atom is 0.344 e. The van der Waals surface area contributed by atoms with Crippen LogP contribution in [-0.2, 0) is 4.74 Å². The van der Waals surface area contributed by atoms with Gasteiger partial charge in [-0.05, 0) is 43.3 Å². The topological polar surface area (TPSA) is 69.4 Å². The molecule has 0 fully saturated rings. The Labute approximate surface area is 157 Å². The van der Waals surface area contributed by atoms with E-state index in [-0.39, 0.29) is 33.2 Å². The summed E-state index contributed by atoms with van der Waals surface area (Å²) < 4.78 is 37.1. The van der Waals surface area contributed by atoms with E-state index in [0.717, 1.165) is 12.1 Å². The van der Waals surface area contributed by atoms with Gasteiger partial charge in [-0.15, -0.1) is 0 Å². The Hall–Kier alpha value is -3.06. The molecule has 0 bridgehead atoms. The molecule has 8 heteroatoms. The molecule has 0 amide bonds. The van der Waals surface area contributed by atoms with Crippen molar-refractivity contribution >= 4 is 23.4 Å². The van der Waals surface area contributed by atoms with E-state index in [4.69, 9.17) is 20.9 Å². The molecule has 0 aliphatic heterocycles. The number of ether oxygens (including phenoxy) is 1. The molecule has 0 unspecified atom stereocenters. The maximum atomic E-state index is 14.2. The van der Waals surface area contributed by atoms with Crippen molar-refractivity contribution in [2.45, 2.75) is 6.92 Å². The summed E-state index contributed by atoms with van der Waals surface area (Å²) in [5.74, 6) is -2.53. The Bertz CT molecular complexity index is 995. The number of aromatic nitrogens is 1. The number of ketones is 1. The second kappa shape index (κ2) is 7.67. The van der Waals surface area contributed by atoms with E-state index in [9.17, 15) is 18.4 Å². The summed E-state index contributed by atoms with van der Waals surface area (Å²) in [5.41, 5.74) is -0.167. The number of carbonyl (C=O) groups is 2. The third kappa shape index (κ3) is 3.88. The van der Waals surface area contributed by atoms with E-state index in [1.165, 1.54) is 37.3 Å². The molecule has 0 atom stereocenters. The zero-order valence-corrected chi connectivity index (χ0v) is 14.7. The largest absolute Gasteiger partial charge is 0.454 e. The van der Waals surface area contributed by atoms with Crippen molar-refractivity contribution in [3.63, 3.8) is 0 Å². The fourth-order valence-corrected chi connectivity index (χ4v) is 2.68. The van der Waals surface area contributed by atoms with Crippen LogP contribution in [0.2, 0.25) is 5.02 Å². The first-order valence-electron chi connectivity index (χ1n) is 7.75. The van der Waals surface area contributed by atoms with Gasteiger partial charge < -0.3 is 9.26 Å². The average molecular weight is 392 g/mol. The van der Waals surface area contributed by atoms with Crippen molar-refractivity contribution < 1.29 is 27.6 Å². The maximum absolute atomic E-state index is 14.2. The van der Waals surface area contributed by atoms with Crippen molar-refractivity contribution in [2.75, 3.05) is 6.61 Å². The molecule has 0 radical (unpaired) electrons. The van der Waals surface area contributed by atoms with E-state index < -0.39 is 30.0 Å². The lowest BCUT2D eigenvalue weighted by Gasteiger charge is -2.07. The predicted molar refractivity (Wildman–Crippen MR) is 92.7 cm³/mol. The number of rotatable bonds is 5. The summed E-state index contributed by atoms with van der Waals surface area (Å²) in [6.07, 6.45) is 0. The Morgan fingerprint density at radius 1 is 1.15 bits per heavy atom. The predicted octanol–water partition coefficient (Wildman–Crippen LogP) is 4.62. The molecule has 0 spiro atoms. The SMILES string of the molecule is Cc1onc(-c2c(F)cccc2Cl)c1C(=O)OCC(=O)c1ccc(F)cc1. The van der Waals surface area contributed by atoms with Crippen LogP contribution in [0.4, 0.5) is 8.78 Å². The van der Waals surface area contributed by atoms with Gasteiger partial charge in [-0.25, -0.2) is 13.6 Å². The molecule has 1 aromatic heterocycles. The van der Waals surface area contributed by atoms with Crippen LogP contribution in [-0.4, -0.2) is 23.5 Å². The highest BCUT2D eigenvalue weighted by atomic mass is 35.5. The molecule has 3 aromatic rings. The van der Waals surface area contributed by atoms with Crippen molar-refractivity contribution in [3.05, 3.63) is 76.0 Å². The van der Waals surface area contributed by atoms with Crippen LogP contribution >= 0.6 is 11.6 Å². The summed E-state index contributed by atoms with van der Waals surface area (Å²) in [5, 5.41) is 3.74. The van der Waals surface area contributed by atoms with Gasteiger partial charge in [0.1, 0.15) is 28.7 Å². The fourth-order valence-electron chi connectivity index (χ4n) is 2.43. The van der Waals surface area contributed by atoms with Crippen LogP contribution in [0, 0.1) is 18.6 Å². The molecular weight excluding hydrogens is 380 g/mol. The van der Waals surface area contributed by atoms with E-state index in [1.807, 2.05) is 0 Å². The highest BCUT2D eigenvalue weighted by molar-refractivity contribution is 6.33. The van der Waals surface area contributed by atoms with Gasteiger partial charge in [0.05, 0.1) is 10.6 Å². The zero-order chi connectivity index (χ0) is 19.6. The minimum atomic E-state index is -0.918. The number of carbonyl (C=O) groups excluding carboxylic acids is 2. The van der Waals surface area contributed by atoms with E-state index in [1.54, 1.807) is 0 Å². The minimum Gasteiger partial charge on any atom is -0.454 e. The first kappa shape index (κ1) is 18.7. The quantitative estimate of drug-likeness (QED) is 0.469. The van der Waals surface area contributed by atoms with Gasteiger partial charge >= 0.3 is 5.97 Å². The zero-order valence-electron chi connectivity index (χ0n) is 14.0. The highest BCUT2D eigenvalue weighted by Gasteiger charge is 2.27. The number of Topliss-reactive ketones (excluding diaryl/α,β-unsaturated/α-hetero) is 1. The number of aryl methyl sites for hydroxylation is 1.